The molecule has 2 aromatic carbocycles. The van der Waals surface area contributed by atoms with Crippen molar-refractivity contribution in [2.75, 3.05) is 26.2 Å². The van der Waals surface area contributed by atoms with Crippen LogP contribution in [0.4, 0.5) is 0 Å². The summed E-state index contributed by atoms with van der Waals surface area (Å²) in [5.74, 6) is 0. The fourth-order valence-corrected chi connectivity index (χ4v) is 3.06. The number of piperazine rings is 1. The molecule has 2 nitrogen and oxygen atoms in total. The van der Waals surface area contributed by atoms with E-state index < -0.39 is 0 Å². The summed E-state index contributed by atoms with van der Waals surface area (Å²) in [6, 6.07) is 15.9. The van der Waals surface area contributed by atoms with Gasteiger partial charge in [0.25, 0.3) is 0 Å². The summed E-state index contributed by atoms with van der Waals surface area (Å²) in [7, 11) is 0. The lowest BCUT2D eigenvalue weighted by molar-refractivity contribution is 0.174. The molecule has 1 heterocycles. The minimum atomic E-state index is 0.458. The van der Waals surface area contributed by atoms with E-state index in [4.69, 9.17) is 0 Å². The van der Waals surface area contributed by atoms with Gasteiger partial charge in [-0.25, -0.2) is 0 Å². The maximum atomic E-state index is 3.94. The second kappa shape index (κ2) is 6.21. The molecule has 20 heavy (non-hydrogen) atoms. The van der Waals surface area contributed by atoms with Crippen molar-refractivity contribution >= 4 is 10.8 Å². The van der Waals surface area contributed by atoms with Crippen molar-refractivity contribution in [3.05, 3.63) is 60.7 Å². The quantitative estimate of drug-likeness (QED) is 0.854. The highest BCUT2D eigenvalue weighted by molar-refractivity contribution is 5.83. The minimum Gasteiger partial charge on any atom is -0.314 e. The standard InChI is InChI=1S/C18H22N2/c1-2-5-18(20-12-10-19-11-13-20)17-9-8-15-6-3-4-7-16(15)14-17/h2-4,6-9,14,18-19H,1,5,10-13H2/t18-/m0/s1. The number of rotatable bonds is 4. The fourth-order valence-electron chi connectivity index (χ4n) is 3.06. The SMILES string of the molecule is C=CC[C@@H](c1ccc2ccccc2c1)N1CCNCC1. The largest absolute Gasteiger partial charge is 0.314 e. The Bertz CT molecular complexity index is 585. The van der Waals surface area contributed by atoms with Gasteiger partial charge >= 0.3 is 0 Å². The molecular weight excluding hydrogens is 244 g/mol. The maximum absolute atomic E-state index is 3.94. The molecule has 1 saturated heterocycles. The zero-order valence-corrected chi connectivity index (χ0v) is 11.9. The first-order chi connectivity index (χ1) is 9.88. The smallest absolute Gasteiger partial charge is 0.0383 e. The first-order valence-corrected chi connectivity index (χ1v) is 7.43. The predicted octanol–water partition coefficient (Wildman–Crippen LogP) is 3.36. The molecular formula is C18H22N2. The molecule has 0 radical (unpaired) electrons. The molecule has 1 N–H and O–H groups in total. The van der Waals surface area contributed by atoms with Gasteiger partial charge in [-0.15, -0.1) is 6.58 Å². The highest BCUT2D eigenvalue weighted by atomic mass is 15.2. The second-order valence-corrected chi connectivity index (χ2v) is 5.43. The first-order valence-electron chi connectivity index (χ1n) is 7.43. The van der Waals surface area contributed by atoms with Crippen LogP contribution in [0.5, 0.6) is 0 Å². The highest BCUT2D eigenvalue weighted by Gasteiger charge is 2.20. The Kier molecular flexibility index (Phi) is 4.14. The lowest BCUT2D eigenvalue weighted by atomic mass is 9.98. The zero-order chi connectivity index (χ0) is 13.8. The molecule has 104 valence electrons. The monoisotopic (exact) mass is 266 g/mol. The van der Waals surface area contributed by atoms with Gasteiger partial charge in [0.05, 0.1) is 0 Å². The molecule has 0 aromatic heterocycles. The van der Waals surface area contributed by atoms with Crippen molar-refractivity contribution in [1.29, 1.82) is 0 Å². The van der Waals surface area contributed by atoms with Crippen LogP contribution in [-0.4, -0.2) is 31.1 Å². The number of nitrogens with one attached hydrogen (secondary N) is 1. The van der Waals surface area contributed by atoms with Crippen molar-refractivity contribution in [3.63, 3.8) is 0 Å². The number of benzene rings is 2. The first kappa shape index (κ1) is 13.3. The van der Waals surface area contributed by atoms with Gasteiger partial charge in [-0.3, -0.25) is 4.90 Å². The van der Waals surface area contributed by atoms with E-state index in [-0.39, 0.29) is 0 Å². The summed E-state index contributed by atoms with van der Waals surface area (Å²) < 4.78 is 0. The molecule has 0 bridgehead atoms. The van der Waals surface area contributed by atoms with Gasteiger partial charge < -0.3 is 5.32 Å². The third-order valence-corrected chi connectivity index (χ3v) is 4.14. The minimum absolute atomic E-state index is 0.458. The van der Waals surface area contributed by atoms with Gasteiger partial charge in [0.15, 0.2) is 0 Å². The zero-order valence-electron chi connectivity index (χ0n) is 11.9. The summed E-state index contributed by atoms with van der Waals surface area (Å²) in [5.41, 5.74) is 1.41. The Morgan fingerprint density at radius 3 is 2.60 bits per heavy atom. The van der Waals surface area contributed by atoms with Crippen LogP contribution in [0, 0.1) is 0 Å². The Balaban J connectivity index is 1.93. The van der Waals surface area contributed by atoms with E-state index >= 15 is 0 Å². The van der Waals surface area contributed by atoms with Gasteiger partial charge in [0.1, 0.15) is 0 Å². The number of nitrogens with zero attached hydrogens (tertiary/aromatic N) is 1. The van der Waals surface area contributed by atoms with Gasteiger partial charge in [0.2, 0.25) is 0 Å². The molecule has 1 atom stereocenters. The molecule has 1 aliphatic rings. The third-order valence-electron chi connectivity index (χ3n) is 4.14. The lowest BCUT2D eigenvalue weighted by Gasteiger charge is -2.35. The van der Waals surface area contributed by atoms with Crippen LogP contribution in [-0.2, 0) is 0 Å². The Labute approximate surface area is 121 Å². The van der Waals surface area contributed by atoms with Crippen molar-refractivity contribution < 1.29 is 0 Å². The molecule has 3 rings (SSSR count). The normalized spacial score (nSPS) is 18.0. The van der Waals surface area contributed by atoms with Crippen LogP contribution in [0.1, 0.15) is 18.0 Å². The Morgan fingerprint density at radius 2 is 1.85 bits per heavy atom. The van der Waals surface area contributed by atoms with Gasteiger partial charge in [-0.05, 0) is 28.8 Å². The number of hydrogen-bond acceptors (Lipinski definition) is 2. The summed E-state index contributed by atoms with van der Waals surface area (Å²) in [4.78, 5) is 2.57. The lowest BCUT2D eigenvalue weighted by Crippen LogP contribution is -2.45. The molecule has 0 spiro atoms. The fraction of sp³-hybridized carbons (Fsp3) is 0.333. The molecule has 0 aliphatic carbocycles. The Hall–Kier alpha value is -1.64. The van der Waals surface area contributed by atoms with E-state index in [9.17, 15) is 0 Å². The van der Waals surface area contributed by atoms with E-state index in [0.717, 1.165) is 32.6 Å². The predicted molar refractivity (Wildman–Crippen MR) is 85.9 cm³/mol. The van der Waals surface area contributed by atoms with Crippen molar-refractivity contribution in [3.8, 4) is 0 Å². The topological polar surface area (TPSA) is 15.3 Å². The Morgan fingerprint density at radius 1 is 1.10 bits per heavy atom. The molecule has 2 aromatic rings. The summed E-state index contributed by atoms with van der Waals surface area (Å²) >= 11 is 0. The molecule has 0 saturated carbocycles. The van der Waals surface area contributed by atoms with Crippen LogP contribution in [0.2, 0.25) is 0 Å². The molecule has 2 heteroatoms. The summed E-state index contributed by atoms with van der Waals surface area (Å²) in [5, 5.41) is 6.07. The summed E-state index contributed by atoms with van der Waals surface area (Å²) in [6.07, 6.45) is 3.06. The molecule has 1 fully saturated rings. The maximum Gasteiger partial charge on any atom is 0.0383 e. The van der Waals surface area contributed by atoms with Crippen LogP contribution < -0.4 is 5.32 Å². The van der Waals surface area contributed by atoms with Crippen molar-refractivity contribution in [2.24, 2.45) is 0 Å². The van der Waals surface area contributed by atoms with Crippen LogP contribution >= 0.6 is 0 Å². The molecule has 0 amide bonds. The van der Waals surface area contributed by atoms with Crippen molar-refractivity contribution in [1.82, 2.24) is 10.2 Å². The average Bonchev–Trinajstić information content (AvgIpc) is 2.53. The van der Waals surface area contributed by atoms with E-state index in [1.165, 1.54) is 16.3 Å². The van der Waals surface area contributed by atoms with Crippen LogP contribution in [0.25, 0.3) is 10.8 Å². The number of fused-ring (bicyclic) bond motifs is 1. The van der Waals surface area contributed by atoms with E-state index in [0.29, 0.717) is 6.04 Å². The summed E-state index contributed by atoms with van der Waals surface area (Å²) in [6.45, 7) is 8.34. The average molecular weight is 266 g/mol. The second-order valence-electron chi connectivity index (χ2n) is 5.43. The number of hydrogen-bond donors (Lipinski definition) is 1. The van der Waals surface area contributed by atoms with Gasteiger partial charge in [-0.1, -0.05) is 42.5 Å². The van der Waals surface area contributed by atoms with E-state index in [1.54, 1.807) is 0 Å². The highest BCUT2D eigenvalue weighted by Crippen LogP contribution is 2.28. The van der Waals surface area contributed by atoms with Crippen LogP contribution in [0.3, 0.4) is 0 Å². The van der Waals surface area contributed by atoms with Gasteiger partial charge in [-0.2, -0.15) is 0 Å². The van der Waals surface area contributed by atoms with Crippen molar-refractivity contribution in [2.45, 2.75) is 12.5 Å². The molecule has 1 aliphatic heterocycles. The van der Waals surface area contributed by atoms with E-state index in [2.05, 4.69) is 59.3 Å². The van der Waals surface area contributed by atoms with E-state index in [1.807, 2.05) is 6.08 Å². The van der Waals surface area contributed by atoms with Crippen LogP contribution in [0.15, 0.2) is 55.1 Å². The third kappa shape index (κ3) is 2.77. The molecule has 0 unspecified atom stereocenters. The van der Waals surface area contributed by atoms with Gasteiger partial charge in [0, 0.05) is 32.2 Å².